The van der Waals surface area contributed by atoms with Crippen LogP contribution in [-0.2, 0) is 20.6 Å². The Morgan fingerprint density at radius 2 is 1.62 bits per heavy atom. The minimum Gasteiger partial charge on any atom is -0.507 e. The summed E-state index contributed by atoms with van der Waals surface area (Å²) in [7, 11) is 0. The van der Waals surface area contributed by atoms with Crippen molar-refractivity contribution in [3.8, 4) is 11.5 Å². The zero-order valence-electron chi connectivity index (χ0n) is 24.6. The summed E-state index contributed by atoms with van der Waals surface area (Å²) >= 11 is 0. The Hall–Kier alpha value is -4.33. The highest BCUT2D eigenvalue weighted by Gasteiger charge is 2.50. The SMILES string of the molecule is CC(OC(=O)Nc1ccccc1)[C@]1(O)Cc2c(O)c3c(c(O)c2[C@@H](O[C@H]2C[C@H](N)[C@H](O)[C@H](C)O2)C1)C(=O)c1ccccc1C3=O. The Balaban J connectivity index is 1.41. The van der Waals surface area contributed by atoms with Crippen LogP contribution in [0.25, 0.3) is 0 Å². The highest BCUT2D eigenvalue weighted by Crippen LogP contribution is 2.52. The lowest BCUT2D eigenvalue weighted by molar-refractivity contribution is -0.250. The van der Waals surface area contributed by atoms with Gasteiger partial charge < -0.3 is 40.4 Å². The van der Waals surface area contributed by atoms with Crippen molar-refractivity contribution in [2.24, 2.45) is 5.73 Å². The Morgan fingerprint density at radius 1 is 1.02 bits per heavy atom. The molecule has 7 N–H and O–H groups in total. The molecule has 2 aliphatic carbocycles. The molecule has 1 amide bonds. The van der Waals surface area contributed by atoms with E-state index in [2.05, 4.69) is 5.32 Å². The summed E-state index contributed by atoms with van der Waals surface area (Å²) < 4.78 is 17.6. The van der Waals surface area contributed by atoms with Gasteiger partial charge in [0.05, 0.1) is 29.4 Å². The molecule has 45 heavy (non-hydrogen) atoms. The number of ketones is 2. The number of phenols is 2. The predicted octanol–water partition coefficient (Wildman–Crippen LogP) is 3.07. The summed E-state index contributed by atoms with van der Waals surface area (Å²) in [5, 5.41) is 48.1. The number of hydrogen-bond donors (Lipinski definition) is 6. The monoisotopic (exact) mass is 618 g/mol. The number of anilines is 1. The van der Waals surface area contributed by atoms with Crippen molar-refractivity contribution in [1.82, 2.24) is 0 Å². The average molecular weight is 619 g/mol. The van der Waals surface area contributed by atoms with Crippen molar-refractivity contribution < 1.29 is 49.0 Å². The van der Waals surface area contributed by atoms with Gasteiger partial charge in [-0.1, -0.05) is 42.5 Å². The Morgan fingerprint density at radius 3 is 2.24 bits per heavy atom. The fourth-order valence-corrected chi connectivity index (χ4v) is 6.43. The zero-order valence-corrected chi connectivity index (χ0v) is 24.6. The lowest BCUT2D eigenvalue weighted by Crippen LogP contribution is -2.53. The smallest absolute Gasteiger partial charge is 0.411 e. The molecular weight excluding hydrogens is 584 g/mol. The first-order chi connectivity index (χ1) is 21.4. The molecule has 3 aromatic carbocycles. The molecule has 7 atom stereocenters. The first kappa shape index (κ1) is 30.7. The molecular formula is C33H34N2O10. The van der Waals surface area contributed by atoms with E-state index in [-0.39, 0.29) is 52.6 Å². The van der Waals surface area contributed by atoms with Crippen LogP contribution in [-0.4, -0.2) is 74.3 Å². The third-order valence-electron chi connectivity index (χ3n) is 8.93. The second kappa shape index (κ2) is 11.5. The first-order valence-corrected chi connectivity index (χ1v) is 14.7. The lowest BCUT2D eigenvalue weighted by atomic mass is 9.71. The summed E-state index contributed by atoms with van der Waals surface area (Å²) in [6.45, 7) is 3.09. The van der Waals surface area contributed by atoms with Crippen molar-refractivity contribution in [2.75, 3.05) is 5.32 Å². The molecule has 1 heterocycles. The molecule has 3 aromatic rings. The van der Waals surface area contributed by atoms with Crippen LogP contribution in [0.4, 0.5) is 10.5 Å². The van der Waals surface area contributed by atoms with E-state index in [1.807, 2.05) is 0 Å². The third kappa shape index (κ3) is 5.34. The van der Waals surface area contributed by atoms with Crippen LogP contribution < -0.4 is 11.1 Å². The summed E-state index contributed by atoms with van der Waals surface area (Å²) in [5.74, 6) is -2.49. The first-order valence-electron chi connectivity index (χ1n) is 14.7. The Bertz CT molecular complexity index is 1670. The van der Waals surface area contributed by atoms with Gasteiger partial charge in [-0.3, -0.25) is 14.9 Å². The molecule has 1 aliphatic heterocycles. The van der Waals surface area contributed by atoms with Gasteiger partial charge in [0.1, 0.15) is 23.2 Å². The number of ether oxygens (including phenoxy) is 3. The number of carbonyl (C=O) groups excluding carboxylic acids is 3. The molecule has 1 unspecified atom stereocenters. The van der Waals surface area contributed by atoms with Crippen molar-refractivity contribution in [3.05, 3.63) is 88.0 Å². The zero-order chi connectivity index (χ0) is 32.2. The number of rotatable bonds is 5. The summed E-state index contributed by atoms with van der Waals surface area (Å²) in [6.07, 6.45) is -6.49. The van der Waals surface area contributed by atoms with Crippen molar-refractivity contribution in [1.29, 1.82) is 0 Å². The summed E-state index contributed by atoms with van der Waals surface area (Å²) in [4.78, 5) is 39.9. The number of nitrogens with one attached hydrogen (secondary N) is 1. The number of hydrogen-bond acceptors (Lipinski definition) is 11. The van der Waals surface area contributed by atoms with Gasteiger partial charge in [-0.2, -0.15) is 0 Å². The van der Waals surface area contributed by atoms with Crippen molar-refractivity contribution >= 4 is 23.3 Å². The number of amides is 1. The fourth-order valence-electron chi connectivity index (χ4n) is 6.43. The van der Waals surface area contributed by atoms with Gasteiger partial charge in [0.15, 0.2) is 17.9 Å². The number of fused-ring (bicyclic) bond motifs is 3. The van der Waals surface area contributed by atoms with E-state index in [4.69, 9.17) is 19.9 Å². The van der Waals surface area contributed by atoms with Crippen LogP contribution in [0.3, 0.4) is 0 Å². The maximum absolute atomic E-state index is 13.6. The van der Waals surface area contributed by atoms with E-state index in [0.717, 1.165) is 0 Å². The molecule has 12 nitrogen and oxygen atoms in total. The number of aliphatic hydroxyl groups is 2. The van der Waals surface area contributed by atoms with E-state index in [9.17, 15) is 34.8 Å². The number of benzene rings is 3. The van der Waals surface area contributed by atoms with Crippen LogP contribution >= 0.6 is 0 Å². The predicted molar refractivity (Wildman–Crippen MR) is 159 cm³/mol. The molecule has 0 bridgehead atoms. The lowest BCUT2D eigenvalue weighted by Gasteiger charge is -2.44. The number of aliphatic hydroxyl groups excluding tert-OH is 1. The number of aromatic hydroxyl groups is 2. The molecule has 1 saturated heterocycles. The summed E-state index contributed by atoms with van der Waals surface area (Å²) in [5.41, 5.74) is 4.02. The molecule has 0 saturated carbocycles. The molecule has 3 aliphatic rings. The topological polar surface area (TPSA) is 198 Å². The highest BCUT2D eigenvalue weighted by molar-refractivity contribution is 6.30. The minimum absolute atomic E-state index is 0.00617. The maximum atomic E-state index is 13.6. The van der Waals surface area contributed by atoms with Gasteiger partial charge in [-0.15, -0.1) is 0 Å². The summed E-state index contributed by atoms with van der Waals surface area (Å²) in [6, 6.07) is 13.9. The third-order valence-corrected chi connectivity index (χ3v) is 8.93. The van der Waals surface area contributed by atoms with Gasteiger partial charge in [-0.25, -0.2) is 4.79 Å². The molecule has 236 valence electrons. The van der Waals surface area contributed by atoms with E-state index >= 15 is 0 Å². The molecule has 12 heteroatoms. The van der Waals surface area contributed by atoms with E-state index in [1.165, 1.54) is 19.1 Å². The van der Waals surface area contributed by atoms with Crippen LogP contribution in [0.5, 0.6) is 11.5 Å². The second-order valence-corrected chi connectivity index (χ2v) is 11.9. The molecule has 0 spiro atoms. The minimum atomic E-state index is -1.88. The number of phenolic OH excluding ortho intramolecular Hbond substituents is 2. The van der Waals surface area contributed by atoms with Gasteiger partial charge in [-0.05, 0) is 26.0 Å². The maximum Gasteiger partial charge on any atom is 0.411 e. The molecule has 6 rings (SSSR count). The molecule has 0 radical (unpaired) electrons. The molecule has 1 fully saturated rings. The highest BCUT2D eigenvalue weighted by atomic mass is 16.7. The van der Waals surface area contributed by atoms with Gasteiger partial charge in [0, 0.05) is 53.2 Å². The Kier molecular flexibility index (Phi) is 7.88. The van der Waals surface area contributed by atoms with Crippen LogP contribution in [0.2, 0.25) is 0 Å². The Labute approximate surface area is 258 Å². The van der Waals surface area contributed by atoms with Gasteiger partial charge in [0.25, 0.3) is 0 Å². The van der Waals surface area contributed by atoms with E-state index < -0.39 is 71.5 Å². The van der Waals surface area contributed by atoms with Crippen molar-refractivity contribution in [3.63, 3.8) is 0 Å². The standard InChI is InChI=1S/C33H34N2O10/c1-15-27(36)21(34)12-23(43-15)45-22-14-33(42,16(2)44-32(41)35-17-8-4-3-5-9-17)13-20-24(22)31(40)26-25(30(20)39)28(37)18-10-6-7-11-19(18)29(26)38/h3-11,15-16,21-23,27,36,39-40,42H,12-14,34H2,1-2H3,(H,35,41)/t15-,16?,21-,22-,23-,27+,33-/m0/s1. The van der Waals surface area contributed by atoms with E-state index in [0.29, 0.717) is 5.69 Å². The van der Waals surface area contributed by atoms with Gasteiger partial charge in [0.2, 0.25) is 0 Å². The van der Waals surface area contributed by atoms with Crippen molar-refractivity contribution in [2.45, 2.75) is 75.5 Å². The van der Waals surface area contributed by atoms with Crippen LogP contribution in [0.1, 0.15) is 75.8 Å². The van der Waals surface area contributed by atoms with Gasteiger partial charge >= 0.3 is 6.09 Å². The van der Waals surface area contributed by atoms with E-state index in [1.54, 1.807) is 49.4 Å². The number of carbonyl (C=O) groups is 3. The second-order valence-electron chi connectivity index (χ2n) is 11.9. The van der Waals surface area contributed by atoms with Crippen LogP contribution in [0, 0.1) is 0 Å². The number of nitrogens with two attached hydrogens (primary N) is 1. The largest absolute Gasteiger partial charge is 0.507 e. The number of para-hydroxylation sites is 1. The van der Waals surface area contributed by atoms with Crippen LogP contribution in [0.15, 0.2) is 54.6 Å². The quantitative estimate of drug-likeness (QED) is 0.180. The molecule has 0 aromatic heterocycles. The normalized spacial score (nSPS) is 28.0. The average Bonchev–Trinajstić information content (AvgIpc) is 3.00. The fraction of sp³-hybridized carbons (Fsp3) is 0.364.